The Balaban J connectivity index is 2.27. The summed E-state index contributed by atoms with van der Waals surface area (Å²) in [6, 6.07) is 4.32. The number of hydrogen-bond donors (Lipinski definition) is 1. The molecule has 1 aromatic heterocycles. The van der Waals surface area contributed by atoms with E-state index in [1.54, 1.807) is 6.20 Å². The summed E-state index contributed by atoms with van der Waals surface area (Å²) in [6.45, 7) is 3.46. The predicted molar refractivity (Wildman–Crippen MR) is 63.7 cm³/mol. The molecule has 0 bridgehead atoms. The highest BCUT2D eigenvalue weighted by Gasteiger charge is 2.08. The lowest BCUT2D eigenvalue weighted by Gasteiger charge is -2.02. The van der Waals surface area contributed by atoms with E-state index >= 15 is 0 Å². The van der Waals surface area contributed by atoms with Crippen LogP contribution in [0.5, 0.6) is 0 Å². The van der Waals surface area contributed by atoms with Crippen LogP contribution in [0, 0.1) is 5.82 Å². The van der Waals surface area contributed by atoms with E-state index in [2.05, 4.69) is 15.6 Å². The Morgan fingerprint density at radius 3 is 3.06 bits per heavy atom. The fourth-order valence-corrected chi connectivity index (χ4v) is 1.58. The third kappa shape index (κ3) is 2.81. The smallest absolute Gasteiger partial charge is 0.149 e. The Morgan fingerprint density at radius 2 is 2.29 bits per heavy atom. The second-order valence-electron chi connectivity index (χ2n) is 3.53. The molecule has 0 radical (unpaired) electrons. The lowest BCUT2D eigenvalue weighted by Crippen LogP contribution is -2.11. The van der Waals surface area contributed by atoms with Crippen LogP contribution in [0.1, 0.15) is 12.6 Å². The zero-order chi connectivity index (χ0) is 12.3. The molecule has 0 amide bonds. The summed E-state index contributed by atoms with van der Waals surface area (Å²) in [5.41, 5.74) is 1.05. The average molecular weight is 255 g/mol. The van der Waals surface area contributed by atoms with Crippen molar-refractivity contribution in [3.05, 3.63) is 40.9 Å². The first-order chi connectivity index (χ1) is 8.20. The molecule has 1 N–H and O–H groups in total. The lowest BCUT2D eigenvalue weighted by molar-refractivity contribution is 0.607. The molecule has 4 nitrogen and oxygen atoms in total. The van der Waals surface area contributed by atoms with Crippen LogP contribution < -0.4 is 5.32 Å². The monoisotopic (exact) mass is 254 g/mol. The van der Waals surface area contributed by atoms with Gasteiger partial charge in [0.2, 0.25) is 0 Å². The average Bonchev–Trinajstić information content (AvgIpc) is 2.78. The van der Waals surface area contributed by atoms with Crippen molar-refractivity contribution in [1.29, 1.82) is 0 Å². The number of halogens is 2. The second-order valence-corrected chi connectivity index (χ2v) is 3.97. The van der Waals surface area contributed by atoms with E-state index in [4.69, 9.17) is 11.6 Å². The molecular weight excluding hydrogens is 243 g/mol. The Morgan fingerprint density at radius 1 is 1.47 bits per heavy atom. The van der Waals surface area contributed by atoms with Gasteiger partial charge in [-0.05, 0) is 24.7 Å². The van der Waals surface area contributed by atoms with Gasteiger partial charge in [-0.2, -0.15) is 0 Å². The highest BCUT2D eigenvalue weighted by molar-refractivity contribution is 6.30. The highest BCUT2D eigenvalue weighted by Crippen LogP contribution is 2.18. The minimum atomic E-state index is -0.380. The van der Waals surface area contributed by atoms with E-state index < -0.39 is 0 Å². The molecule has 90 valence electrons. The summed E-state index contributed by atoms with van der Waals surface area (Å²) < 4.78 is 14.9. The molecule has 6 heteroatoms. The van der Waals surface area contributed by atoms with Crippen molar-refractivity contribution < 1.29 is 4.39 Å². The summed E-state index contributed by atoms with van der Waals surface area (Å²) in [5.74, 6) is -0.380. The van der Waals surface area contributed by atoms with Crippen LogP contribution in [0.25, 0.3) is 5.69 Å². The Bertz CT molecular complexity index is 512. The van der Waals surface area contributed by atoms with Gasteiger partial charge in [-0.1, -0.05) is 23.7 Å². The number of rotatable bonds is 4. The fourth-order valence-electron chi connectivity index (χ4n) is 1.41. The van der Waals surface area contributed by atoms with Crippen LogP contribution >= 0.6 is 11.6 Å². The Hall–Kier alpha value is -1.46. The van der Waals surface area contributed by atoms with Gasteiger partial charge in [-0.15, -0.1) is 5.10 Å². The molecule has 0 saturated heterocycles. The Kier molecular flexibility index (Phi) is 3.71. The van der Waals surface area contributed by atoms with Crippen molar-refractivity contribution in [3.8, 4) is 5.69 Å². The molecule has 0 aliphatic carbocycles. The van der Waals surface area contributed by atoms with Crippen molar-refractivity contribution >= 4 is 11.6 Å². The van der Waals surface area contributed by atoms with Crippen LogP contribution in [0.15, 0.2) is 24.4 Å². The van der Waals surface area contributed by atoms with Gasteiger partial charge in [-0.3, -0.25) is 0 Å². The van der Waals surface area contributed by atoms with E-state index in [-0.39, 0.29) is 5.82 Å². The standard InChI is InChI=1S/C11H12ClFN4/c1-2-14-6-9-7-17(16-15-9)11-5-8(12)3-4-10(11)13/h3-5,7,14H,2,6H2,1H3. The number of aromatic nitrogens is 3. The zero-order valence-electron chi connectivity index (χ0n) is 9.32. The van der Waals surface area contributed by atoms with Gasteiger partial charge in [0, 0.05) is 11.6 Å². The van der Waals surface area contributed by atoms with Crippen LogP contribution in [0.4, 0.5) is 4.39 Å². The molecule has 2 rings (SSSR count). The first-order valence-electron chi connectivity index (χ1n) is 5.28. The van der Waals surface area contributed by atoms with Gasteiger partial charge < -0.3 is 5.32 Å². The number of hydrogen-bond acceptors (Lipinski definition) is 3. The molecule has 0 spiro atoms. The van der Waals surface area contributed by atoms with Crippen molar-refractivity contribution in [2.45, 2.75) is 13.5 Å². The maximum absolute atomic E-state index is 13.6. The van der Waals surface area contributed by atoms with Gasteiger partial charge >= 0.3 is 0 Å². The molecule has 0 fully saturated rings. The SMILES string of the molecule is CCNCc1cn(-c2cc(Cl)ccc2F)nn1. The van der Waals surface area contributed by atoms with Crippen molar-refractivity contribution in [1.82, 2.24) is 20.3 Å². The quantitative estimate of drug-likeness (QED) is 0.909. The van der Waals surface area contributed by atoms with Gasteiger partial charge in [0.1, 0.15) is 11.5 Å². The maximum Gasteiger partial charge on any atom is 0.149 e. The molecule has 1 heterocycles. The number of nitrogens with zero attached hydrogens (tertiary/aromatic N) is 3. The molecule has 1 aromatic carbocycles. The molecule has 2 aromatic rings. The van der Waals surface area contributed by atoms with E-state index in [1.165, 1.54) is 22.9 Å². The van der Waals surface area contributed by atoms with Crippen molar-refractivity contribution in [3.63, 3.8) is 0 Å². The summed E-state index contributed by atoms with van der Waals surface area (Å²) in [4.78, 5) is 0. The maximum atomic E-state index is 13.6. The van der Waals surface area contributed by atoms with Crippen LogP contribution in [-0.4, -0.2) is 21.5 Å². The minimum Gasteiger partial charge on any atom is -0.311 e. The van der Waals surface area contributed by atoms with Crippen LogP contribution in [0.2, 0.25) is 5.02 Å². The molecule has 17 heavy (non-hydrogen) atoms. The molecule has 0 saturated carbocycles. The van der Waals surface area contributed by atoms with E-state index in [9.17, 15) is 4.39 Å². The first kappa shape index (κ1) is 12.0. The zero-order valence-corrected chi connectivity index (χ0v) is 10.1. The fraction of sp³-hybridized carbons (Fsp3) is 0.273. The highest BCUT2D eigenvalue weighted by atomic mass is 35.5. The van der Waals surface area contributed by atoms with E-state index in [0.717, 1.165) is 12.2 Å². The summed E-state index contributed by atoms with van der Waals surface area (Å²) in [6.07, 6.45) is 1.68. The van der Waals surface area contributed by atoms with Gasteiger partial charge in [-0.25, -0.2) is 9.07 Å². The molecule has 0 aliphatic heterocycles. The first-order valence-corrected chi connectivity index (χ1v) is 5.66. The lowest BCUT2D eigenvalue weighted by atomic mass is 10.3. The normalized spacial score (nSPS) is 10.8. The van der Waals surface area contributed by atoms with E-state index in [0.29, 0.717) is 17.3 Å². The van der Waals surface area contributed by atoms with Gasteiger partial charge in [0.25, 0.3) is 0 Å². The van der Waals surface area contributed by atoms with Crippen LogP contribution in [0.3, 0.4) is 0 Å². The van der Waals surface area contributed by atoms with E-state index in [1.807, 2.05) is 6.92 Å². The predicted octanol–water partition coefficient (Wildman–Crippen LogP) is 2.17. The Labute approximate surface area is 103 Å². The molecule has 0 atom stereocenters. The van der Waals surface area contributed by atoms with Crippen molar-refractivity contribution in [2.75, 3.05) is 6.54 Å². The number of benzene rings is 1. The molecule has 0 unspecified atom stereocenters. The minimum absolute atomic E-state index is 0.299. The number of nitrogens with one attached hydrogen (secondary N) is 1. The van der Waals surface area contributed by atoms with Gasteiger partial charge in [0.05, 0.1) is 11.9 Å². The topological polar surface area (TPSA) is 42.7 Å². The second kappa shape index (κ2) is 5.25. The molecular formula is C11H12ClFN4. The summed E-state index contributed by atoms with van der Waals surface area (Å²) in [5, 5.41) is 11.4. The van der Waals surface area contributed by atoms with Crippen molar-refractivity contribution in [2.24, 2.45) is 0 Å². The third-order valence-electron chi connectivity index (χ3n) is 2.25. The third-order valence-corrected chi connectivity index (χ3v) is 2.49. The van der Waals surface area contributed by atoms with Crippen LogP contribution in [-0.2, 0) is 6.54 Å². The summed E-state index contributed by atoms with van der Waals surface area (Å²) in [7, 11) is 0. The largest absolute Gasteiger partial charge is 0.311 e. The summed E-state index contributed by atoms with van der Waals surface area (Å²) >= 11 is 5.82. The molecule has 0 aliphatic rings. The van der Waals surface area contributed by atoms with Gasteiger partial charge in [0.15, 0.2) is 0 Å².